The molecular formula is C23H32N2O10S2. The Balaban J connectivity index is 2.10. The SMILES string of the molecule is Cc1ccc(S(=O)(=O)O)c([C@@H]2C(=O)N3[C@@H]2S(=O)(=O)C(C)(C)[C@]3(CCN)C(=O)OCOC(=O)C(C)(C)C)c1. The Hall–Kier alpha value is -2.55. The highest BCUT2D eigenvalue weighted by molar-refractivity contribution is 7.94. The number of β-lactam (4-membered cyclic amide) rings is 1. The zero-order valence-electron chi connectivity index (χ0n) is 21.5. The number of benzene rings is 1. The molecule has 1 amide bonds. The van der Waals surface area contributed by atoms with E-state index in [4.69, 9.17) is 15.2 Å². The van der Waals surface area contributed by atoms with E-state index in [1.807, 2.05) is 0 Å². The fraction of sp³-hybridized carbons (Fsp3) is 0.609. The maximum atomic E-state index is 13.8. The van der Waals surface area contributed by atoms with E-state index in [0.717, 1.165) is 11.0 Å². The molecule has 3 atom stereocenters. The van der Waals surface area contributed by atoms with E-state index in [0.29, 0.717) is 5.56 Å². The number of rotatable bonds is 7. The summed E-state index contributed by atoms with van der Waals surface area (Å²) in [6.07, 6.45) is -0.292. The number of amides is 1. The number of fused-ring (bicyclic) bond motifs is 1. The molecule has 0 aromatic heterocycles. The molecule has 12 nitrogen and oxygen atoms in total. The number of nitrogens with zero attached hydrogens (tertiary/aromatic N) is 1. The lowest BCUT2D eigenvalue weighted by Gasteiger charge is -2.49. The van der Waals surface area contributed by atoms with Gasteiger partial charge in [0.05, 0.1) is 16.2 Å². The van der Waals surface area contributed by atoms with Crippen LogP contribution in [0.5, 0.6) is 0 Å². The van der Waals surface area contributed by atoms with Crippen molar-refractivity contribution < 1.29 is 45.2 Å². The van der Waals surface area contributed by atoms with Crippen molar-refractivity contribution in [1.82, 2.24) is 4.90 Å². The van der Waals surface area contributed by atoms with E-state index in [2.05, 4.69) is 0 Å². The fourth-order valence-electron chi connectivity index (χ4n) is 5.00. The number of ether oxygens (including phenoxy) is 2. The van der Waals surface area contributed by atoms with Gasteiger partial charge in [-0.2, -0.15) is 8.42 Å². The van der Waals surface area contributed by atoms with Crippen LogP contribution in [0.25, 0.3) is 0 Å². The van der Waals surface area contributed by atoms with Crippen molar-refractivity contribution in [3.8, 4) is 0 Å². The summed E-state index contributed by atoms with van der Waals surface area (Å²) >= 11 is 0. The molecule has 3 N–H and O–H groups in total. The van der Waals surface area contributed by atoms with Gasteiger partial charge in [0, 0.05) is 0 Å². The van der Waals surface area contributed by atoms with Crippen molar-refractivity contribution in [2.24, 2.45) is 11.1 Å². The summed E-state index contributed by atoms with van der Waals surface area (Å²) in [6, 6.07) is 3.81. The Morgan fingerprint density at radius 2 is 1.78 bits per heavy atom. The van der Waals surface area contributed by atoms with Crippen LogP contribution in [-0.4, -0.2) is 73.1 Å². The Bertz CT molecular complexity index is 1360. The zero-order chi connectivity index (χ0) is 28.4. The molecule has 2 heterocycles. The van der Waals surface area contributed by atoms with Crippen molar-refractivity contribution in [2.75, 3.05) is 13.3 Å². The summed E-state index contributed by atoms with van der Waals surface area (Å²) in [5.74, 6) is -4.12. The molecule has 0 bridgehead atoms. The Kier molecular flexibility index (Phi) is 7.08. The third kappa shape index (κ3) is 4.23. The Labute approximate surface area is 216 Å². The molecule has 14 heteroatoms. The number of carbonyl (C=O) groups excluding carboxylic acids is 3. The Morgan fingerprint density at radius 3 is 2.30 bits per heavy atom. The van der Waals surface area contributed by atoms with Crippen molar-refractivity contribution in [3.63, 3.8) is 0 Å². The number of sulfone groups is 1. The monoisotopic (exact) mass is 560 g/mol. The summed E-state index contributed by atoms with van der Waals surface area (Å²) in [5, 5.41) is -1.62. The first-order valence-corrected chi connectivity index (χ1v) is 14.4. The Morgan fingerprint density at radius 1 is 1.19 bits per heavy atom. The first-order valence-electron chi connectivity index (χ1n) is 11.5. The van der Waals surface area contributed by atoms with E-state index in [1.54, 1.807) is 27.7 Å². The summed E-state index contributed by atoms with van der Waals surface area (Å²) in [7, 11) is -9.15. The highest BCUT2D eigenvalue weighted by atomic mass is 32.2. The number of aryl methyl sites for hydroxylation is 1. The average molecular weight is 561 g/mol. The summed E-state index contributed by atoms with van der Waals surface area (Å²) < 4.78 is 69.7. The highest BCUT2D eigenvalue weighted by Crippen LogP contribution is 2.59. The van der Waals surface area contributed by atoms with Gasteiger partial charge >= 0.3 is 11.9 Å². The number of esters is 2. The minimum absolute atomic E-state index is 0.191. The average Bonchev–Trinajstić information content (AvgIpc) is 2.85. The van der Waals surface area contributed by atoms with Crippen LogP contribution >= 0.6 is 0 Å². The lowest BCUT2D eigenvalue weighted by molar-refractivity contribution is -0.188. The topological polar surface area (TPSA) is 187 Å². The molecule has 3 rings (SSSR count). The largest absolute Gasteiger partial charge is 0.427 e. The number of carbonyl (C=O) groups is 3. The molecule has 1 aromatic rings. The summed E-state index contributed by atoms with van der Waals surface area (Å²) in [5.41, 5.74) is 3.13. The van der Waals surface area contributed by atoms with Gasteiger partial charge in [0.1, 0.15) is 4.75 Å². The standard InChI is InChI=1S/C23H32N2O10S2/c1-13-7-8-15(37(31,32)33)14(11-13)16-17(26)25-18(16)36(29,30)22(5,6)23(25,9-10-24)20(28)35-12-34-19(27)21(2,3)4/h7-8,11,16,18H,9-10,12,24H2,1-6H3,(H,31,32,33)/t16-,18-,23+/m1/s1. The van der Waals surface area contributed by atoms with Crippen LogP contribution < -0.4 is 5.73 Å². The molecule has 2 aliphatic rings. The van der Waals surface area contributed by atoms with E-state index >= 15 is 0 Å². The van der Waals surface area contributed by atoms with Gasteiger partial charge in [-0.05, 0) is 66.1 Å². The maximum absolute atomic E-state index is 13.8. The molecule has 2 saturated heterocycles. The predicted octanol–water partition coefficient (Wildman–Crippen LogP) is 0.878. The third-order valence-corrected chi connectivity index (χ3v) is 10.9. The molecule has 206 valence electrons. The molecule has 37 heavy (non-hydrogen) atoms. The van der Waals surface area contributed by atoms with Crippen molar-refractivity contribution in [2.45, 2.75) is 74.4 Å². The lowest BCUT2D eigenvalue weighted by Crippen LogP contribution is -2.70. The van der Waals surface area contributed by atoms with Gasteiger partial charge in [0.25, 0.3) is 10.1 Å². The van der Waals surface area contributed by atoms with Gasteiger partial charge in [-0.3, -0.25) is 14.1 Å². The molecule has 0 unspecified atom stereocenters. The van der Waals surface area contributed by atoms with Crippen molar-refractivity contribution >= 4 is 37.8 Å². The second-order valence-corrected chi connectivity index (χ2v) is 14.8. The van der Waals surface area contributed by atoms with Gasteiger partial charge in [-0.1, -0.05) is 17.7 Å². The molecule has 1 aromatic carbocycles. The van der Waals surface area contributed by atoms with Gasteiger partial charge in [0.2, 0.25) is 12.7 Å². The van der Waals surface area contributed by atoms with Crippen LogP contribution in [0.4, 0.5) is 0 Å². The van der Waals surface area contributed by atoms with E-state index in [9.17, 15) is 35.8 Å². The zero-order valence-corrected chi connectivity index (χ0v) is 23.1. The molecule has 2 aliphatic heterocycles. The number of hydrogen-bond donors (Lipinski definition) is 2. The minimum atomic E-state index is -4.80. The van der Waals surface area contributed by atoms with E-state index in [1.165, 1.54) is 26.0 Å². The minimum Gasteiger partial charge on any atom is -0.427 e. The summed E-state index contributed by atoms with van der Waals surface area (Å²) in [4.78, 5) is 39.4. The maximum Gasteiger partial charge on any atom is 0.336 e. The second kappa shape index (κ2) is 9.03. The number of hydrogen-bond acceptors (Lipinski definition) is 10. The molecule has 0 saturated carbocycles. The van der Waals surface area contributed by atoms with Crippen LogP contribution in [-0.2, 0) is 43.8 Å². The van der Waals surface area contributed by atoms with E-state index < -0.39 is 76.5 Å². The van der Waals surface area contributed by atoms with Crippen LogP contribution in [0, 0.1) is 12.3 Å². The van der Waals surface area contributed by atoms with Crippen LogP contribution in [0.1, 0.15) is 58.1 Å². The third-order valence-electron chi connectivity index (χ3n) is 7.09. The fourth-order valence-corrected chi connectivity index (χ4v) is 8.26. The number of nitrogens with two attached hydrogens (primary N) is 1. The van der Waals surface area contributed by atoms with Gasteiger partial charge in [-0.25, -0.2) is 13.2 Å². The highest BCUT2D eigenvalue weighted by Gasteiger charge is 2.80. The molecule has 0 spiro atoms. The lowest BCUT2D eigenvalue weighted by atomic mass is 9.75. The van der Waals surface area contributed by atoms with Gasteiger partial charge < -0.3 is 20.1 Å². The first kappa shape index (κ1) is 29.0. The van der Waals surface area contributed by atoms with Crippen molar-refractivity contribution in [1.29, 1.82) is 0 Å². The normalized spacial score (nSPS) is 26.3. The van der Waals surface area contributed by atoms with Gasteiger partial charge in [0.15, 0.2) is 20.8 Å². The van der Waals surface area contributed by atoms with Crippen LogP contribution in [0.2, 0.25) is 0 Å². The molecular weight excluding hydrogens is 528 g/mol. The molecule has 2 fully saturated rings. The molecule has 0 radical (unpaired) electrons. The van der Waals surface area contributed by atoms with Crippen LogP contribution in [0.3, 0.4) is 0 Å². The predicted molar refractivity (Wildman–Crippen MR) is 130 cm³/mol. The first-order chi connectivity index (χ1) is 16.8. The van der Waals surface area contributed by atoms with Crippen molar-refractivity contribution in [3.05, 3.63) is 29.3 Å². The van der Waals surface area contributed by atoms with E-state index in [-0.39, 0.29) is 18.5 Å². The second-order valence-electron chi connectivity index (χ2n) is 10.8. The van der Waals surface area contributed by atoms with Crippen LogP contribution in [0.15, 0.2) is 23.1 Å². The van der Waals surface area contributed by atoms with Gasteiger partial charge in [-0.15, -0.1) is 0 Å². The molecule has 0 aliphatic carbocycles. The quantitative estimate of drug-likeness (QED) is 0.208. The summed E-state index contributed by atoms with van der Waals surface area (Å²) in [6.45, 7) is 7.92. The smallest absolute Gasteiger partial charge is 0.336 e.